The summed E-state index contributed by atoms with van der Waals surface area (Å²) in [6.07, 6.45) is 2.89. The molecule has 24 N–H and O–H groups in total. The Kier molecular flexibility index (Phi) is 117. The van der Waals surface area contributed by atoms with Crippen LogP contribution >= 0.6 is 0 Å². The van der Waals surface area contributed by atoms with Crippen LogP contribution in [0.4, 0.5) is 0 Å². The number of rotatable bonds is 14. The minimum atomic E-state index is -2.42. The fraction of sp³-hybridized carbons (Fsp3) is 0.630. The van der Waals surface area contributed by atoms with Crippen molar-refractivity contribution < 1.29 is 145 Å². The summed E-state index contributed by atoms with van der Waals surface area (Å²) in [6.45, 7) is 2.56. The van der Waals surface area contributed by atoms with Crippen molar-refractivity contribution in [2.75, 3.05) is 42.7 Å². The molecule has 0 aromatic carbocycles. The molecule has 0 saturated heterocycles. The Morgan fingerprint density at radius 3 is 0.737 bits per heavy atom. The second kappa shape index (κ2) is 65.5. The number of hydrogen-bond acceptors (Lipinski definition) is 16. The number of hydrogen-bond donors (Lipinski definition) is 8. The average Bonchev–Trinajstić information content (AvgIpc) is 3.00. The summed E-state index contributed by atoms with van der Waals surface area (Å²) >= 11 is 0. The van der Waals surface area contributed by atoms with Gasteiger partial charge in [0, 0.05) is 86.0 Å². The molecule has 0 unspecified atom stereocenters. The quantitative estimate of drug-likeness (QED) is 0.0871. The first-order chi connectivity index (χ1) is 21.1. The molecular formula is C27H70N10O14Rh4Si2. The molecule has 0 fully saturated rings. The molecule has 24 nitrogen and oxygen atoms in total. The zero-order valence-electron chi connectivity index (χ0n) is 33.3. The van der Waals surface area contributed by atoms with E-state index in [2.05, 4.69) is 9.97 Å². The molecule has 2 heterocycles. The summed E-state index contributed by atoms with van der Waals surface area (Å²) in [6, 6.07) is 9.50. The van der Waals surface area contributed by atoms with E-state index in [4.69, 9.17) is 67.4 Å². The summed E-state index contributed by atoms with van der Waals surface area (Å²) in [5.41, 5.74) is 2.43. The van der Waals surface area contributed by atoms with Crippen molar-refractivity contribution in [2.24, 2.45) is 0 Å². The molecule has 0 atom stereocenters. The maximum absolute atomic E-state index is 7.96. The zero-order chi connectivity index (χ0) is 35.3. The Morgan fingerprint density at radius 2 is 0.614 bits per heavy atom. The van der Waals surface area contributed by atoms with Gasteiger partial charge in [-0.05, 0) is 62.1 Å². The van der Waals surface area contributed by atoms with Gasteiger partial charge in [-0.2, -0.15) is 0 Å². The zero-order valence-corrected chi connectivity index (χ0v) is 41.9. The van der Waals surface area contributed by atoms with Gasteiger partial charge >= 0.3 is 95.5 Å². The van der Waals surface area contributed by atoms with Crippen LogP contribution in [-0.2, 0) is 117 Å². The molecule has 0 aliphatic rings. The molecule has 2 aromatic heterocycles. The van der Waals surface area contributed by atoms with Crippen molar-refractivity contribution in [2.45, 2.75) is 70.4 Å². The van der Waals surface area contributed by atoms with E-state index in [0.29, 0.717) is 0 Å². The van der Waals surface area contributed by atoms with Crippen molar-refractivity contribution in [3.8, 4) is 0 Å². The van der Waals surface area contributed by atoms with Crippen molar-refractivity contribution in [1.82, 2.24) is 9.97 Å². The van der Waals surface area contributed by atoms with Crippen LogP contribution < -0.4 is 0 Å². The van der Waals surface area contributed by atoms with Gasteiger partial charge in [-0.1, -0.05) is 0 Å². The Hall–Kier alpha value is 0.347. The molecule has 0 saturated carbocycles. The average molecular weight is 1230 g/mol. The standard InChI is InChI=1S/2C10H17NO3Si.C3H8O4.2C2H6O2.8H2N.4Rh/c2*1-12-15(13-2,14-3)9-6-10-4-7-11-8-5-10;4-2(5)1-3(6)7;2*1-2(3)4;;;;;;;;;;;;/h2*4-5,7-8H,6,9H2,1-3H3;2-7H,1H2;2*2-4H,1H3;8*1H2;;;;/q;;;;;8*-1;4*+2. The van der Waals surface area contributed by atoms with E-state index in [9.17, 15) is 0 Å². The SMILES string of the molecule is CC(O)O.CC(O)O.CO[Si](CCc1ccncc1)(OC)OC.CO[Si](CCc1ccncc1)(OC)OC.OC(O)CC(O)O.[NH2-].[NH2-].[NH2-].[NH2-].[NH2-].[NH2-].[NH2-].[NH2-].[Rh+2].[Rh+2].[Rh+2].[Rh+2]. The summed E-state index contributed by atoms with van der Waals surface area (Å²) < 4.78 is 32.0. The van der Waals surface area contributed by atoms with Crippen LogP contribution in [-0.4, -0.2) is 136 Å². The van der Waals surface area contributed by atoms with Gasteiger partial charge in [0.2, 0.25) is 0 Å². The maximum Gasteiger partial charge on any atom is 2.00 e. The topological polar surface area (TPSA) is 511 Å². The van der Waals surface area contributed by atoms with Crippen LogP contribution in [0.2, 0.25) is 12.1 Å². The molecular weight excluding hydrogens is 1160 g/mol. The van der Waals surface area contributed by atoms with Crippen molar-refractivity contribution >= 4 is 17.6 Å². The molecule has 30 heteroatoms. The third-order valence-corrected chi connectivity index (χ3v) is 10.7. The first-order valence-corrected chi connectivity index (χ1v) is 17.5. The summed E-state index contributed by atoms with van der Waals surface area (Å²) in [7, 11) is 4.94. The van der Waals surface area contributed by atoms with Gasteiger partial charge < -0.3 is 117 Å². The van der Waals surface area contributed by atoms with Gasteiger partial charge in [-0.3, -0.25) is 9.97 Å². The fourth-order valence-electron chi connectivity index (χ4n) is 2.99. The van der Waals surface area contributed by atoms with E-state index >= 15 is 0 Å². The van der Waals surface area contributed by atoms with Crippen molar-refractivity contribution in [1.29, 1.82) is 0 Å². The number of aliphatic hydroxyl groups excluding tert-OH is 4. The molecule has 2 rings (SSSR count). The van der Waals surface area contributed by atoms with Crippen LogP contribution in [0.1, 0.15) is 31.4 Å². The molecule has 0 amide bonds. The number of aromatic nitrogens is 2. The third-order valence-electron chi connectivity index (χ3n) is 5.23. The van der Waals surface area contributed by atoms with Gasteiger partial charge in [-0.15, -0.1) is 0 Å². The van der Waals surface area contributed by atoms with E-state index < -0.39 is 49.2 Å². The van der Waals surface area contributed by atoms with Crippen LogP contribution in [0.15, 0.2) is 49.1 Å². The summed E-state index contributed by atoms with van der Waals surface area (Å²) in [5, 5.41) is 62.3. The van der Waals surface area contributed by atoms with Crippen molar-refractivity contribution in [3.05, 3.63) is 109 Å². The normalized spacial score (nSPS) is 8.77. The second-order valence-corrected chi connectivity index (χ2v) is 14.9. The van der Waals surface area contributed by atoms with Gasteiger partial charge in [0.25, 0.3) is 0 Å². The van der Waals surface area contributed by atoms with Crippen molar-refractivity contribution in [3.63, 3.8) is 0 Å². The summed E-state index contributed by atoms with van der Waals surface area (Å²) in [4.78, 5) is 7.94. The molecule has 4 radical (unpaired) electrons. The van der Waals surface area contributed by atoms with Gasteiger partial charge in [-0.25, -0.2) is 0 Å². The second-order valence-electron chi connectivity index (χ2n) is 8.76. The molecule has 0 bridgehead atoms. The monoisotopic (exact) mass is 1230 g/mol. The van der Waals surface area contributed by atoms with Crippen LogP contribution in [0.5, 0.6) is 0 Å². The minimum absolute atomic E-state index is 0. The summed E-state index contributed by atoms with van der Waals surface area (Å²) in [5.74, 6) is 0. The molecule has 2 aromatic rings. The van der Waals surface area contributed by atoms with E-state index in [-0.39, 0.29) is 127 Å². The first kappa shape index (κ1) is 102. The van der Waals surface area contributed by atoms with Crippen LogP contribution in [0.3, 0.4) is 0 Å². The molecule has 0 spiro atoms. The Bertz CT molecular complexity index is 833. The largest absolute Gasteiger partial charge is 2.00 e. The number of aliphatic hydroxyl groups is 8. The van der Waals surface area contributed by atoms with Crippen LogP contribution in [0, 0.1) is 0 Å². The van der Waals surface area contributed by atoms with Gasteiger partial charge in [0.1, 0.15) is 12.6 Å². The molecule has 57 heavy (non-hydrogen) atoms. The van der Waals surface area contributed by atoms with Crippen LogP contribution in [0.25, 0.3) is 49.2 Å². The molecule has 0 aliphatic heterocycles. The predicted molar refractivity (Wildman–Crippen MR) is 210 cm³/mol. The van der Waals surface area contributed by atoms with E-state index in [1.54, 1.807) is 67.4 Å². The smallest absolute Gasteiger partial charge is 0.693 e. The number of nitrogens with two attached hydrogens (primary N) is 8. The first-order valence-electron chi connectivity index (χ1n) is 13.6. The third kappa shape index (κ3) is 65.7. The molecule has 356 valence electrons. The van der Waals surface area contributed by atoms with E-state index in [1.165, 1.54) is 25.0 Å². The van der Waals surface area contributed by atoms with Gasteiger partial charge in [0.05, 0.1) is 0 Å². The minimum Gasteiger partial charge on any atom is -0.693 e. The maximum atomic E-state index is 7.96. The van der Waals surface area contributed by atoms with Gasteiger partial charge in [0.15, 0.2) is 12.6 Å². The van der Waals surface area contributed by atoms with E-state index in [0.717, 1.165) is 24.9 Å². The Morgan fingerprint density at radius 1 is 0.439 bits per heavy atom. The number of nitrogens with zero attached hydrogens (tertiary/aromatic N) is 2. The molecule has 0 aliphatic carbocycles. The Balaban J connectivity index is -0.0000000306. The fourth-order valence-corrected chi connectivity index (χ4v) is 6.41. The number of pyridine rings is 2. The predicted octanol–water partition coefficient (Wildman–Crippen LogP) is 5.36. The number of aryl methyl sites for hydroxylation is 2. The van der Waals surface area contributed by atoms with E-state index in [1.807, 2.05) is 24.3 Å². The Labute approximate surface area is 392 Å².